The molecular formula is C12H20N2O. The van der Waals surface area contributed by atoms with Crippen LogP contribution in [0.5, 0.6) is 5.88 Å². The number of hydrogen-bond acceptors (Lipinski definition) is 3. The predicted octanol–water partition coefficient (Wildman–Crippen LogP) is 2.37. The molecule has 1 rings (SSSR count). The summed E-state index contributed by atoms with van der Waals surface area (Å²) in [6, 6.07) is 3.97. The van der Waals surface area contributed by atoms with Gasteiger partial charge >= 0.3 is 0 Å². The van der Waals surface area contributed by atoms with Gasteiger partial charge in [0, 0.05) is 18.8 Å². The zero-order chi connectivity index (χ0) is 11.1. The molecule has 1 aromatic rings. The Morgan fingerprint density at radius 3 is 2.73 bits per heavy atom. The molecule has 0 fully saturated rings. The molecule has 84 valence electrons. The zero-order valence-electron chi connectivity index (χ0n) is 9.79. The first-order valence-corrected chi connectivity index (χ1v) is 5.54. The van der Waals surface area contributed by atoms with Gasteiger partial charge in [-0.15, -0.1) is 0 Å². The highest BCUT2D eigenvalue weighted by atomic mass is 16.5. The van der Waals surface area contributed by atoms with Gasteiger partial charge in [-0.1, -0.05) is 13.0 Å². The molecule has 1 N–H and O–H groups in total. The Labute approximate surface area is 91.9 Å². The molecule has 0 amide bonds. The van der Waals surface area contributed by atoms with Crippen LogP contribution in [-0.4, -0.2) is 17.6 Å². The Kier molecular flexibility index (Phi) is 5.12. The van der Waals surface area contributed by atoms with Gasteiger partial charge in [0.15, 0.2) is 0 Å². The Morgan fingerprint density at radius 1 is 1.40 bits per heavy atom. The van der Waals surface area contributed by atoms with Crippen LogP contribution >= 0.6 is 0 Å². The van der Waals surface area contributed by atoms with Crippen LogP contribution in [0.25, 0.3) is 0 Å². The lowest BCUT2D eigenvalue weighted by molar-refractivity contribution is 0.232. The van der Waals surface area contributed by atoms with Crippen LogP contribution in [0.4, 0.5) is 0 Å². The zero-order valence-corrected chi connectivity index (χ0v) is 9.79. The van der Waals surface area contributed by atoms with E-state index in [1.165, 1.54) is 5.56 Å². The van der Waals surface area contributed by atoms with Gasteiger partial charge in [-0.2, -0.15) is 0 Å². The fourth-order valence-corrected chi connectivity index (χ4v) is 1.24. The third kappa shape index (κ3) is 4.79. The van der Waals surface area contributed by atoms with E-state index in [0.29, 0.717) is 5.88 Å². The monoisotopic (exact) mass is 208 g/mol. The van der Waals surface area contributed by atoms with E-state index in [1.807, 2.05) is 32.2 Å². The van der Waals surface area contributed by atoms with Crippen LogP contribution in [0.3, 0.4) is 0 Å². The maximum Gasteiger partial charge on any atom is 0.213 e. The van der Waals surface area contributed by atoms with Crippen molar-refractivity contribution in [1.29, 1.82) is 0 Å². The SMILES string of the molecule is CCCNCc1ccc(OC(C)C)nc1. The van der Waals surface area contributed by atoms with Gasteiger partial charge in [0.25, 0.3) is 0 Å². The maximum atomic E-state index is 5.46. The number of nitrogens with zero attached hydrogens (tertiary/aromatic N) is 1. The van der Waals surface area contributed by atoms with Crippen molar-refractivity contribution in [3.63, 3.8) is 0 Å². The first-order valence-electron chi connectivity index (χ1n) is 5.54. The van der Waals surface area contributed by atoms with Crippen LogP contribution in [0.1, 0.15) is 32.8 Å². The summed E-state index contributed by atoms with van der Waals surface area (Å²) in [5.74, 6) is 0.698. The summed E-state index contributed by atoms with van der Waals surface area (Å²) in [5, 5.41) is 3.33. The van der Waals surface area contributed by atoms with Gasteiger partial charge in [-0.3, -0.25) is 0 Å². The molecule has 1 heterocycles. The molecule has 0 saturated heterocycles. The summed E-state index contributed by atoms with van der Waals surface area (Å²) in [5.41, 5.74) is 1.19. The average Bonchev–Trinajstić information content (AvgIpc) is 2.20. The minimum absolute atomic E-state index is 0.182. The minimum atomic E-state index is 0.182. The first kappa shape index (κ1) is 12.0. The van der Waals surface area contributed by atoms with Gasteiger partial charge in [0.2, 0.25) is 5.88 Å². The summed E-state index contributed by atoms with van der Waals surface area (Å²) in [6.07, 6.45) is 3.20. The third-order valence-corrected chi connectivity index (χ3v) is 1.91. The van der Waals surface area contributed by atoms with E-state index in [0.717, 1.165) is 19.5 Å². The van der Waals surface area contributed by atoms with Crippen molar-refractivity contribution in [3.05, 3.63) is 23.9 Å². The highest BCUT2D eigenvalue weighted by Gasteiger charge is 1.98. The van der Waals surface area contributed by atoms with E-state index in [4.69, 9.17) is 4.74 Å². The largest absolute Gasteiger partial charge is 0.475 e. The van der Waals surface area contributed by atoms with Crippen molar-refractivity contribution in [1.82, 2.24) is 10.3 Å². The Bertz CT molecular complexity index is 269. The van der Waals surface area contributed by atoms with Crippen LogP contribution in [0, 0.1) is 0 Å². The highest BCUT2D eigenvalue weighted by molar-refractivity contribution is 5.17. The molecule has 15 heavy (non-hydrogen) atoms. The molecule has 0 saturated carbocycles. The summed E-state index contributed by atoms with van der Waals surface area (Å²) in [7, 11) is 0. The number of rotatable bonds is 6. The standard InChI is InChI=1S/C12H20N2O/c1-4-7-13-8-11-5-6-12(14-9-11)15-10(2)3/h5-6,9-10,13H,4,7-8H2,1-3H3. The fraction of sp³-hybridized carbons (Fsp3) is 0.583. The van der Waals surface area contributed by atoms with Crippen molar-refractivity contribution in [2.24, 2.45) is 0 Å². The lowest BCUT2D eigenvalue weighted by atomic mass is 10.3. The molecule has 0 atom stereocenters. The Balaban J connectivity index is 2.42. The molecule has 0 aliphatic rings. The molecule has 0 bridgehead atoms. The number of ether oxygens (including phenoxy) is 1. The lowest BCUT2D eigenvalue weighted by Gasteiger charge is -2.09. The van der Waals surface area contributed by atoms with Crippen LogP contribution < -0.4 is 10.1 Å². The molecule has 3 heteroatoms. The molecule has 0 aliphatic carbocycles. The number of nitrogens with one attached hydrogen (secondary N) is 1. The summed E-state index contributed by atoms with van der Waals surface area (Å²) < 4.78 is 5.46. The molecular weight excluding hydrogens is 188 g/mol. The summed E-state index contributed by atoms with van der Waals surface area (Å²) >= 11 is 0. The topological polar surface area (TPSA) is 34.1 Å². The van der Waals surface area contributed by atoms with Crippen molar-refractivity contribution in [2.45, 2.75) is 39.8 Å². The first-order chi connectivity index (χ1) is 7.22. The fourth-order valence-electron chi connectivity index (χ4n) is 1.24. The number of pyridine rings is 1. The minimum Gasteiger partial charge on any atom is -0.475 e. The molecule has 0 spiro atoms. The van der Waals surface area contributed by atoms with E-state index in [9.17, 15) is 0 Å². The second-order valence-electron chi connectivity index (χ2n) is 3.85. The van der Waals surface area contributed by atoms with Gasteiger partial charge < -0.3 is 10.1 Å². The summed E-state index contributed by atoms with van der Waals surface area (Å²) in [6.45, 7) is 8.08. The highest BCUT2D eigenvalue weighted by Crippen LogP contribution is 2.09. The second kappa shape index (κ2) is 6.40. The molecule has 0 unspecified atom stereocenters. The van der Waals surface area contributed by atoms with E-state index in [-0.39, 0.29) is 6.10 Å². The lowest BCUT2D eigenvalue weighted by Crippen LogP contribution is -2.14. The predicted molar refractivity (Wildman–Crippen MR) is 62.0 cm³/mol. The normalized spacial score (nSPS) is 10.7. The van der Waals surface area contributed by atoms with E-state index in [1.54, 1.807) is 0 Å². The van der Waals surface area contributed by atoms with Gasteiger partial charge in [-0.25, -0.2) is 4.98 Å². The van der Waals surface area contributed by atoms with Crippen LogP contribution in [0.15, 0.2) is 18.3 Å². The molecule has 1 aromatic heterocycles. The average molecular weight is 208 g/mol. The number of hydrogen-bond donors (Lipinski definition) is 1. The Morgan fingerprint density at radius 2 is 2.20 bits per heavy atom. The van der Waals surface area contributed by atoms with Gasteiger partial charge in [0.05, 0.1) is 6.10 Å². The van der Waals surface area contributed by atoms with E-state index >= 15 is 0 Å². The van der Waals surface area contributed by atoms with Crippen molar-refractivity contribution >= 4 is 0 Å². The van der Waals surface area contributed by atoms with Gasteiger partial charge in [-0.05, 0) is 32.4 Å². The maximum absolute atomic E-state index is 5.46. The van der Waals surface area contributed by atoms with Crippen molar-refractivity contribution in [2.75, 3.05) is 6.54 Å². The van der Waals surface area contributed by atoms with Crippen molar-refractivity contribution < 1.29 is 4.74 Å². The van der Waals surface area contributed by atoms with Crippen LogP contribution in [0.2, 0.25) is 0 Å². The molecule has 0 aromatic carbocycles. The van der Waals surface area contributed by atoms with Crippen molar-refractivity contribution in [3.8, 4) is 5.88 Å². The van der Waals surface area contributed by atoms with E-state index < -0.39 is 0 Å². The Hall–Kier alpha value is -1.09. The third-order valence-electron chi connectivity index (χ3n) is 1.91. The smallest absolute Gasteiger partial charge is 0.213 e. The second-order valence-corrected chi connectivity index (χ2v) is 3.85. The van der Waals surface area contributed by atoms with Crippen LogP contribution in [-0.2, 0) is 6.54 Å². The van der Waals surface area contributed by atoms with E-state index in [2.05, 4.69) is 17.2 Å². The summed E-state index contributed by atoms with van der Waals surface area (Å²) in [4.78, 5) is 4.24. The van der Waals surface area contributed by atoms with Gasteiger partial charge in [0.1, 0.15) is 0 Å². The molecule has 3 nitrogen and oxygen atoms in total. The number of aromatic nitrogens is 1. The molecule has 0 radical (unpaired) electrons. The quantitative estimate of drug-likeness (QED) is 0.729. The molecule has 0 aliphatic heterocycles.